The van der Waals surface area contributed by atoms with Crippen LogP contribution >= 0.6 is 22.9 Å². The van der Waals surface area contributed by atoms with Crippen molar-refractivity contribution in [2.24, 2.45) is 0 Å². The van der Waals surface area contributed by atoms with E-state index in [1.165, 1.54) is 13.4 Å². The number of nitrogens with one attached hydrogen (secondary N) is 1. The van der Waals surface area contributed by atoms with Crippen LogP contribution in [0.25, 0.3) is 21.2 Å². The largest absolute Gasteiger partial charge is 0.496 e. The molecule has 1 N–H and O–H groups in total. The molecule has 1 aromatic heterocycles. The molecule has 4 aromatic rings. The van der Waals surface area contributed by atoms with Gasteiger partial charge in [0, 0.05) is 36.0 Å². The molecule has 0 aliphatic heterocycles. The van der Waals surface area contributed by atoms with Gasteiger partial charge in [-0.15, -0.1) is 11.3 Å². The molecular weight excluding hydrogens is 602 g/mol. The molecule has 0 bridgehead atoms. The van der Waals surface area contributed by atoms with Gasteiger partial charge in [0.2, 0.25) is 0 Å². The van der Waals surface area contributed by atoms with Crippen LogP contribution in [0.3, 0.4) is 0 Å². The van der Waals surface area contributed by atoms with Gasteiger partial charge >= 0.3 is 0 Å². The molecule has 1 saturated carbocycles. The standard InChI is InChI=1S/C31H31ClF2N2O4S2/c1-35-20-10-12-21(13-11-20)36(31(37)30-28(32)27-23(33)14-15-24(34)29(27)41-30)17-19-9-8-18(16-25(19)40-2)22-6-4-5-7-26(22)42(3,38)39/h4-9,14-16,20-21,35H,10-13,17H2,1-3H3. The summed E-state index contributed by atoms with van der Waals surface area (Å²) in [5.74, 6) is -1.23. The van der Waals surface area contributed by atoms with Crippen molar-refractivity contribution >= 4 is 48.8 Å². The van der Waals surface area contributed by atoms with E-state index in [0.29, 0.717) is 28.5 Å². The molecule has 3 aromatic carbocycles. The first kappa shape index (κ1) is 30.4. The molecule has 222 valence electrons. The summed E-state index contributed by atoms with van der Waals surface area (Å²) in [7, 11) is -0.0419. The fourth-order valence-electron chi connectivity index (χ4n) is 5.66. The fraction of sp³-hybridized carbons (Fsp3) is 0.323. The van der Waals surface area contributed by atoms with E-state index in [1.54, 1.807) is 41.3 Å². The third-order valence-corrected chi connectivity index (χ3v) is 10.7. The normalized spacial score (nSPS) is 17.4. The maximum absolute atomic E-state index is 14.6. The molecule has 1 aliphatic rings. The number of hydrogen-bond donors (Lipinski definition) is 1. The summed E-state index contributed by atoms with van der Waals surface area (Å²) >= 11 is 7.39. The van der Waals surface area contributed by atoms with Crippen molar-refractivity contribution in [2.45, 2.75) is 49.2 Å². The molecule has 0 atom stereocenters. The van der Waals surface area contributed by atoms with Crippen LogP contribution < -0.4 is 10.1 Å². The van der Waals surface area contributed by atoms with Crippen LogP contribution in [0.1, 0.15) is 40.9 Å². The topological polar surface area (TPSA) is 75.7 Å². The van der Waals surface area contributed by atoms with Crippen LogP contribution in [0.15, 0.2) is 59.5 Å². The van der Waals surface area contributed by atoms with Crippen LogP contribution in [0.4, 0.5) is 8.78 Å². The Balaban J connectivity index is 1.55. The third kappa shape index (κ3) is 5.90. The van der Waals surface area contributed by atoms with Gasteiger partial charge in [-0.1, -0.05) is 41.9 Å². The van der Waals surface area contributed by atoms with Crippen molar-refractivity contribution in [3.05, 3.63) is 81.7 Å². The van der Waals surface area contributed by atoms with Crippen molar-refractivity contribution in [1.82, 2.24) is 10.2 Å². The average molecular weight is 633 g/mol. The first-order chi connectivity index (χ1) is 20.0. The molecule has 42 heavy (non-hydrogen) atoms. The minimum absolute atomic E-state index is 0.00802. The van der Waals surface area contributed by atoms with Gasteiger partial charge in [0.1, 0.15) is 22.3 Å². The predicted molar refractivity (Wildman–Crippen MR) is 163 cm³/mol. The van der Waals surface area contributed by atoms with Gasteiger partial charge in [0.05, 0.1) is 27.1 Å². The van der Waals surface area contributed by atoms with E-state index in [2.05, 4.69) is 5.32 Å². The minimum atomic E-state index is -3.48. The summed E-state index contributed by atoms with van der Waals surface area (Å²) in [6.07, 6.45) is 4.38. The molecule has 11 heteroatoms. The Labute approximate surface area is 253 Å². The summed E-state index contributed by atoms with van der Waals surface area (Å²) in [4.78, 5) is 16.2. The summed E-state index contributed by atoms with van der Waals surface area (Å²) < 4.78 is 59.8. The van der Waals surface area contributed by atoms with Crippen LogP contribution in [0.2, 0.25) is 5.02 Å². The molecule has 0 saturated heterocycles. The smallest absolute Gasteiger partial charge is 0.266 e. The number of carbonyl (C=O) groups is 1. The van der Waals surface area contributed by atoms with E-state index in [4.69, 9.17) is 16.3 Å². The van der Waals surface area contributed by atoms with Crippen LogP contribution in [0.5, 0.6) is 5.75 Å². The van der Waals surface area contributed by atoms with Crippen molar-refractivity contribution in [3.8, 4) is 16.9 Å². The average Bonchev–Trinajstić information content (AvgIpc) is 3.35. The Bertz CT molecular complexity index is 1750. The molecule has 6 nitrogen and oxygen atoms in total. The van der Waals surface area contributed by atoms with Crippen molar-refractivity contribution < 1.29 is 26.7 Å². The number of halogens is 3. The first-order valence-electron chi connectivity index (χ1n) is 13.5. The highest BCUT2D eigenvalue weighted by atomic mass is 35.5. The lowest BCUT2D eigenvalue weighted by Crippen LogP contribution is -2.44. The number of sulfone groups is 1. The molecule has 5 rings (SSSR count). The Hall–Kier alpha value is -3.05. The summed E-state index contributed by atoms with van der Waals surface area (Å²) in [5, 5.41) is 3.12. The minimum Gasteiger partial charge on any atom is -0.496 e. The molecule has 1 amide bonds. The maximum atomic E-state index is 14.6. The second-order valence-corrected chi connectivity index (χ2v) is 13.9. The zero-order valence-corrected chi connectivity index (χ0v) is 25.8. The number of amides is 1. The van der Waals surface area contributed by atoms with Gasteiger partial charge in [-0.05, 0) is 62.6 Å². The molecule has 1 heterocycles. The molecule has 1 aliphatic carbocycles. The van der Waals surface area contributed by atoms with Gasteiger partial charge in [-0.2, -0.15) is 0 Å². The Kier molecular flexibility index (Phi) is 8.89. The lowest BCUT2D eigenvalue weighted by atomic mass is 9.89. The molecular formula is C31H31ClF2N2O4S2. The number of nitrogens with zero attached hydrogens (tertiary/aromatic N) is 1. The number of carbonyl (C=O) groups excluding carboxylic acids is 1. The second kappa shape index (κ2) is 12.3. The first-order valence-corrected chi connectivity index (χ1v) is 16.6. The van der Waals surface area contributed by atoms with Crippen LogP contribution in [-0.2, 0) is 16.4 Å². The summed E-state index contributed by atoms with van der Waals surface area (Å²) in [5.41, 5.74) is 1.91. The number of thiophene rings is 1. The third-order valence-electron chi connectivity index (χ3n) is 7.91. The van der Waals surface area contributed by atoms with E-state index >= 15 is 0 Å². The van der Waals surface area contributed by atoms with Gasteiger partial charge < -0.3 is 15.0 Å². The van der Waals surface area contributed by atoms with Crippen LogP contribution in [-0.4, -0.2) is 51.7 Å². The highest BCUT2D eigenvalue weighted by molar-refractivity contribution is 7.90. The van der Waals surface area contributed by atoms with Gasteiger partial charge in [-0.3, -0.25) is 4.79 Å². The zero-order chi connectivity index (χ0) is 30.2. The van der Waals surface area contributed by atoms with E-state index in [1.807, 2.05) is 13.1 Å². The maximum Gasteiger partial charge on any atom is 0.266 e. The summed E-state index contributed by atoms with van der Waals surface area (Å²) in [6.45, 7) is 0.167. The molecule has 0 spiro atoms. The van der Waals surface area contributed by atoms with Crippen molar-refractivity contribution in [2.75, 3.05) is 20.4 Å². The zero-order valence-electron chi connectivity index (χ0n) is 23.4. The number of methoxy groups -OCH3 is 1. The number of fused-ring (bicyclic) bond motifs is 1. The molecule has 1 fully saturated rings. The van der Waals surface area contributed by atoms with Crippen molar-refractivity contribution in [1.29, 1.82) is 0 Å². The number of hydrogen-bond acceptors (Lipinski definition) is 6. The van der Waals surface area contributed by atoms with Crippen LogP contribution in [0, 0.1) is 11.6 Å². The predicted octanol–water partition coefficient (Wildman–Crippen LogP) is 7.09. The second-order valence-electron chi connectivity index (χ2n) is 10.5. The van der Waals surface area contributed by atoms with E-state index in [9.17, 15) is 22.0 Å². The van der Waals surface area contributed by atoms with E-state index in [0.717, 1.165) is 49.2 Å². The lowest BCUT2D eigenvalue weighted by Gasteiger charge is -2.37. The number of ether oxygens (including phenoxy) is 1. The number of rotatable bonds is 8. The molecule has 0 radical (unpaired) electrons. The Morgan fingerprint density at radius 2 is 1.76 bits per heavy atom. The summed E-state index contributed by atoms with van der Waals surface area (Å²) in [6, 6.07) is 14.4. The quantitative estimate of drug-likeness (QED) is 0.225. The monoisotopic (exact) mass is 632 g/mol. The van der Waals surface area contributed by atoms with Gasteiger partial charge in [0.25, 0.3) is 5.91 Å². The number of benzene rings is 3. The fourth-order valence-corrected chi connectivity index (χ4v) is 8.08. The van der Waals surface area contributed by atoms with Gasteiger partial charge in [-0.25, -0.2) is 17.2 Å². The van der Waals surface area contributed by atoms with E-state index < -0.39 is 27.4 Å². The highest BCUT2D eigenvalue weighted by Crippen LogP contribution is 2.41. The van der Waals surface area contributed by atoms with Gasteiger partial charge in [0.15, 0.2) is 9.84 Å². The highest BCUT2D eigenvalue weighted by Gasteiger charge is 2.33. The Morgan fingerprint density at radius 3 is 2.40 bits per heavy atom. The van der Waals surface area contributed by atoms with Crippen molar-refractivity contribution in [3.63, 3.8) is 0 Å². The van der Waals surface area contributed by atoms with E-state index in [-0.39, 0.29) is 37.5 Å². The SMILES string of the molecule is CNC1CCC(N(Cc2ccc(-c3ccccc3S(C)(=O)=O)cc2OC)C(=O)c2sc3c(F)ccc(F)c3c2Cl)CC1. The molecule has 0 unspecified atom stereocenters. The lowest BCUT2D eigenvalue weighted by molar-refractivity contribution is 0.0604. The Morgan fingerprint density at radius 1 is 1.07 bits per heavy atom.